The lowest BCUT2D eigenvalue weighted by molar-refractivity contribution is -0.166. The van der Waals surface area contributed by atoms with Gasteiger partial charge in [0.25, 0.3) is 0 Å². The standard InChI is InChI=1S/C16H20F2O6S/c1-2-16(8-4-3-5-9-16)23-15(19)11-22-13-7-6-12(17)10-14(13)24-25(18,20)21/h6-7,10H,2-5,8-9,11H2,1H3. The monoisotopic (exact) mass is 378 g/mol. The molecule has 0 N–H and O–H groups in total. The zero-order valence-corrected chi connectivity index (χ0v) is 14.6. The molecule has 0 radical (unpaired) electrons. The fourth-order valence-corrected chi connectivity index (χ4v) is 3.25. The number of esters is 1. The first kappa shape index (κ1) is 19.4. The van der Waals surface area contributed by atoms with E-state index in [1.54, 1.807) is 0 Å². The highest BCUT2D eigenvalue weighted by Crippen LogP contribution is 2.35. The van der Waals surface area contributed by atoms with Crippen molar-refractivity contribution in [1.29, 1.82) is 0 Å². The van der Waals surface area contributed by atoms with Crippen LogP contribution in [0.4, 0.5) is 8.28 Å². The molecule has 0 unspecified atom stereocenters. The van der Waals surface area contributed by atoms with Gasteiger partial charge in [-0.05, 0) is 44.2 Å². The van der Waals surface area contributed by atoms with Crippen LogP contribution in [-0.2, 0) is 20.0 Å². The van der Waals surface area contributed by atoms with E-state index in [1.807, 2.05) is 6.92 Å². The van der Waals surface area contributed by atoms with Gasteiger partial charge in [0, 0.05) is 6.07 Å². The second-order valence-electron chi connectivity index (χ2n) is 5.93. The second kappa shape index (κ2) is 7.99. The maximum absolute atomic E-state index is 13.2. The lowest BCUT2D eigenvalue weighted by Gasteiger charge is -2.35. The van der Waals surface area contributed by atoms with Crippen LogP contribution < -0.4 is 8.92 Å². The van der Waals surface area contributed by atoms with Crippen molar-refractivity contribution in [2.24, 2.45) is 0 Å². The van der Waals surface area contributed by atoms with Gasteiger partial charge in [-0.25, -0.2) is 9.18 Å². The van der Waals surface area contributed by atoms with Crippen LogP contribution in [0.25, 0.3) is 0 Å². The second-order valence-corrected chi connectivity index (χ2v) is 6.88. The number of hydrogen-bond acceptors (Lipinski definition) is 6. The van der Waals surface area contributed by atoms with Gasteiger partial charge in [0.2, 0.25) is 0 Å². The smallest absolute Gasteiger partial charge is 0.478 e. The topological polar surface area (TPSA) is 78.9 Å². The van der Waals surface area contributed by atoms with Gasteiger partial charge in [-0.1, -0.05) is 17.2 Å². The Morgan fingerprint density at radius 1 is 1.20 bits per heavy atom. The molecule has 1 saturated carbocycles. The molecule has 1 aliphatic carbocycles. The van der Waals surface area contributed by atoms with Gasteiger partial charge in [-0.3, -0.25) is 0 Å². The molecule has 0 atom stereocenters. The van der Waals surface area contributed by atoms with Gasteiger partial charge in [0.1, 0.15) is 11.4 Å². The Balaban J connectivity index is 2.01. The molecule has 0 aromatic heterocycles. The van der Waals surface area contributed by atoms with Crippen molar-refractivity contribution in [3.8, 4) is 11.5 Å². The molecule has 1 aliphatic rings. The van der Waals surface area contributed by atoms with Crippen LogP contribution >= 0.6 is 0 Å². The first-order valence-corrected chi connectivity index (χ1v) is 9.32. The molecule has 140 valence electrons. The molecule has 25 heavy (non-hydrogen) atoms. The summed E-state index contributed by atoms with van der Waals surface area (Å²) in [6.45, 7) is 1.41. The fraction of sp³-hybridized carbons (Fsp3) is 0.562. The summed E-state index contributed by atoms with van der Waals surface area (Å²) in [5, 5.41) is 0. The molecule has 2 rings (SSSR count). The number of carbonyl (C=O) groups excluding carboxylic acids is 1. The van der Waals surface area contributed by atoms with Crippen molar-refractivity contribution in [1.82, 2.24) is 0 Å². The van der Waals surface area contributed by atoms with Crippen molar-refractivity contribution in [2.45, 2.75) is 51.0 Å². The predicted molar refractivity (Wildman–Crippen MR) is 84.7 cm³/mol. The number of hydrogen-bond donors (Lipinski definition) is 0. The Bertz CT molecular complexity index is 713. The minimum atomic E-state index is -5.35. The number of benzene rings is 1. The lowest BCUT2D eigenvalue weighted by Crippen LogP contribution is -2.38. The van der Waals surface area contributed by atoms with Crippen LogP contribution in [-0.4, -0.2) is 26.6 Å². The van der Waals surface area contributed by atoms with Crippen molar-refractivity contribution in [3.63, 3.8) is 0 Å². The van der Waals surface area contributed by atoms with Crippen LogP contribution in [0.15, 0.2) is 18.2 Å². The van der Waals surface area contributed by atoms with Crippen molar-refractivity contribution >= 4 is 16.5 Å². The molecule has 0 bridgehead atoms. The first-order chi connectivity index (χ1) is 11.7. The zero-order chi connectivity index (χ0) is 18.5. The summed E-state index contributed by atoms with van der Waals surface area (Å²) in [7, 11) is -5.35. The molecule has 1 aromatic carbocycles. The molecule has 0 saturated heterocycles. The Morgan fingerprint density at radius 2 is 1.88 bits per heavy atom. The van der Waals surface area contributed by atoms with E-state index in [9.17, 15) is 21.5 Å². The summed E-state index contributed by atoms with van der Waals surface area (Å²) in [5.41, 5.74) is -0.511. The zero-order valence-electron chi connectivity index (χ0n) is 13.8. The molecule has 9 heteroatoms. The molecule has 0 spiro atoms. The van der Waals surface area contributed by atoms with E-state index in [1.165, 1.54) is 0 Å². The third-order valence-electron chi connectivity index (χ3n) is 4.18. The average Bonchev–Trinajstić information content (AvgIpc) is 2.53. The molecule has 0 aliphatic heterocycles. The first-order valence-electron chi connectivity index (χ1n) is 8.01. The third-order valence-corrected chi connectivity index (χ3v) is 4.56. The Labute approximate surface area is 145 Å². The van der Waals surface area contributed by atoms with E-state index in [2.05, 4.69) is 4.18 Å². The van der Waals surface area contributed by atoms with E-state index in [-0.39, 0.29) is 5.75 Å². The highest BCUT2D eigenvalue weighted by Gasteiger charge is 2.34. The minimum Gasteiger partial charge on any atom is -0.478 e. The van der Waals surface area contributed by atoms with Crippen LogP contribution in [0.1, 0.15) is 45.4 Å². The normalized spacial score (nSPS) is 16.9. The molecule has 6 nitrogen and oxygen atoms in total. The van der Waals surface area contributed by atoms with E-state index < -0.39 is 40.2 Å². The van der Waals surface area contributed by atoms with Gasteiger partial charge in [-0.2, -0.15) is 8.42 Å². The molecule has 0 amide bonds. The highest BCUT2D eigenvalue weighted by atomic mass is 32.3. The van der Waals surface area contributed by atoms with Gasteiger partial charge >= 0.3 is 16.5 Å². The molecular weight excluding hydrogens is 358 g/mol. The van der Waals surface area contributed by atoms with Gasteiger partial charge in [-0.15, -0.1) is 0 Å². The van der Waals surface area contributed by atoms with Crippen LogP contribution in [0.3, 0.4) is 0 Å². The fourth-order valence-electron chi connectivity index (χ4n) is 2.91. The summed E-state index contributed by atoms with van der Waals surface area (Å²) in [4.78, 5) is 12.1. The third kappa shape index (κ3) is 5.84. The van der Waals surface area contributed by atoms with Gasteiger partial charge < -0.3 is 13.7 Å². The van der Waals surface area contributed by atoms with E-state index >= 15 is 0 Å². The summed E-state index contributed by atoms with van der Waals surface area (Å²) >= 11 is 0. The van der Waals surface area contributed by atoms with E-state index in [0.717, 1.165) is 44.2 Å². The lowest BCUT2D eigenvalue weighted by atomic mass is 9.83. The molecular formula is C16H20F2O6S. The minimum absolute atomic E-state index is 0.284. The number of carbonyl (C=O) groups is 1. The average molecular weight is 378 g/mol. The Morgan fingerprint density at radius 3 is 2.48 bits per heavy atom. The Kier molecular flexibility index (Phi) is 6.21. The summed E-state index contributed by atoms with van der Waals surface area (Å²) in [6, 6.07) is 2.65. The SMILES string of the molecule is CCC1(OC(=O)COc2ccc(F)cc2OS(=O)(=O)F)CCCCC1. The number of ether oxygens (including phenoxy) is 2. The van der Waals surface area contributed by atoms with E-state index in [0.29, 0.717) is 12.5 Å². The number of rotatable bonds is 7. The molecule has 1 fully saturated rings. The maximum atomic E-state index is 13.2. The summed E-state index contributed by atoms with van der Waals surface area (Å²) < 4.78 is 61.7. The largest absolute Gasteiger partial charge is 0.488 e. The van der Waals surface area contributed by atoms with Gasteiger partial charge in [0.15, 0.2) is 18.1 Å². The summed E-state index contributed by atoms with van der Waals surface area (Å²) in [6.07, 6.45) is 5.30. The van der Waals surface area contributed by atoms with Crippen LogP contribution in [0.5, 0.6) is 11.5 Å². The maximum Gasteiger partial charge on any atom is 0.488 e. The predicted octanol–water partition coefficient (Wildman–Crippen LogP) is 3.45. The summed E-state index contributed by atoms with van der Waals surface area (Å²) in [5.74, 6) is -2.45. The van der Waals surface area contributed by atoms with Gasteiger partial charge in [0.05, 0.1) is 0 Å². The molecule has 0 heterocycles. The van der Waals surface area contributed by atoms with Crippen molar-refractivity contribution in [3.05, 3.63) is 24.0 Å². The van der Waals surface area contributed by atoms with Crippen molar-refractivity contribution in [2.75, 3.05) is 6.61 Å². The molecule has 1 aromatic rings. The quantitative estimate of drug-likeness (QED) is 0.534. The van der Waals surface area contributed by atoms with Crippen LogP contribution in [0.2, 0.25) is 0 Å². The highest BCUT2D eigenvalue weighted by molar-refractivity contribution is 7.81. The Hall–Kier alpha value is -1.90. The number of halogens is 2. The van der Waals surface area contributed by atoms with E-state index in [4.69, 9.17) is 9.47 Å². The van der Waals surface area contributed by atoms with Crippen LogP contribution in [0, 0.1) is 5.82 Å². The van der Waals surface area contributed by atoms with Crippen molar-refractivity contribution < 1.29 is 35.1 Å².